The Labute approximate surface area is 173 Å². The lowest BCUT2D eigenvalue weighted by atomic mass is 9.76. The van der Waals surface area contributed by atoms with Crippen LogP contribution in [0.1, 0.15) is 30.0 Å². The van der Waals surface area contributed by atoms with Gasteiger partial charge in [0.1, 0.15) is 0 Å². The number of carbonyl (C=O) groups is 1. The van der Waals surface area contributed by atoms with E-state index in [-0.39, 0.29) is 11.3 Å². The molecule has 0 spiro atoms. The van der Waals surface area contributed by atoms with E-state index in [1.54, 1.807) is 0 Å². The molecule has 1 N–H and O–H groups in total. The Balaban J connectivity index is 1.49. The summed E-state index contributed by atoms with van der Waals surface area (Å²) in [6.45, 7) is 4.07. The van der Waals surface area contributed by atoms with Crippen LogP contribution in [0, 0.1) is 0 Å². The first-order valence-electron chi connectivity index (χ1n) is 10.4. The number of carbonyl (C=O) groups excluding carboxylic acids is 1. The van der Waals surface area contributed by atoms with Crippen LogP contribution in [0.3, 0.4) is 0 Å². The largest absolute Gasteiger partial charge is 0.311 e. The molecule has 0 radical (unpaired) electrons. The molecule has 3 heteroatoms. The van der Waals surface area contributed by atoms with Crippen molar-refractivity contribution in [2.45, 2.75) is 25.2 Å². The van der Waals surface area contributed by atoms with Gasteiger partial charge in [-0.25, -0.2) is 0 Å². The van der Waals surface area contributed by atoms with Crippen LogP contribution in [0.25, 0.3) is 0 Å². The Morgan fingerprint density at radius 1 is 0.897 bits per heavy atom. The van der Waals surface area contributed by atoms with Gasteiger partial charge in [0.2, 0.25) is 5.91 Å². The van der Waals surface area contributed by atoms with E-state index in [9.17, 15) is 4.79 Å². The number of benzene rings is 3. The van der Waals surface area contributed by atoms with Crippen LogP contribution in [0.4, 0.5) is 5.69 Å². The molecule has 1 aliphatic heterocycles. The van der Waals surface area contributed by atoms with Crippen molar-refractivity contribution in [3.05, 3.63) is 102 Å². The second-order valence-corrected chi connectivity index (χ2v) is 7.95. The fourth-order valence-corrected chi connectivity index (χ4v) is 4.29. The highest BCUT2D eigenvalue weighted by molar-refractivity contribution is 5.95. The third-order valence-corrected chi connectivity index (χ3v) is 5.99. The molecule has 0 aliphatic carbocycles. The number of hydrogen-bond donors (Lipinski definition) is 1. The highest BCUT2D eigenvalue weighted by atomic mass is 16.2. The van der Waals surface area contributed by atoms with Crippen molar-refractivity contribution in [2.24, 2.45) is 0 Å². The summed E-state index contributed by atoms with van der Waals surface area (Å²) in [5, 5.41) is 3.46. The summed E-state index contributed by atoms with van der Waals surface area (Å²) in [5.41, 5.74) is 4.62. The van der Waals surface area contributed by atoms with Crippen LogP contribution >= 0.6 is 0 Å². The number of aryl methyl sites for hydroxylation is 1. The van der Waals surface area contributed by atoms with Crippen molar-refractivity contribution in [3.8, 4) is 0 Å². The van der Waals surface area contributed by atoms with Crippen LogP contribution < -0.4 is 10.2 Å². The maximum absolute atomic E-state index is 13.0. The zero-order valence-corrected chi connectivity index (χ0v) is 17.0. The fraction of sp³-hybridized carbons (Fsp3) is 0.269. The molecular weight excluding hydrogens is 356 g/mol. The minimum absolute atomic E-state index is 0.139. The number of para-hydroxylation sites is 1. The van der Waals surface area contributed by atoms with Crippen molar-refractivity contribution in [1.29, 1.82) is 0 Å². The van der Waals surface area contributed by atoms with Crippen molar-refractivity contribution in [2.75, 3.05) is 24.5 Å². The Bertz CT molecular complexity index is 913. The second-order valence-electron chi connectivity index (χ2n) is 7.95. The lowest BCUT2D eigenvalue weighted by Gasteiger charge is -2.33. The number of amides is 1. The third kappa shape index (κ3) is 4.10. The average Bonchev–Trinajstić information content (AvgIpc) is 2.79. The van der Waals surface area contributed by atoms with E-state index in [2.05, 4.69) is 79.0 Å². The third-order valence-electron chi connectivity index (χ3n) is 5.99. The normalized spacial score (nSPS) is 13.8. The maximum Gasteiger partial charge on any atom is 0.240 e. The molecule has 3 aromatic rings. The Kier molecular flexibility index (Phi) is 5.77. The number of hydrogen-bond acceptors (Lipinski definition) is 2. The van der Waals surface area contributed by atoms with E-state index < -0.39 is 0 Å². The number of anilines is 1. The summed E-state index contributed by atoms with van der Waals surface area (Å²) in [4.78, 5) is 14.9. The number of nitrogens with zero attached hydrogens (tertiary/aromatic N) is 1. The van der Waals surface area contributed by atoms with Gasteiger partial charge in [0, 0.05) is 24.2 Å². The van der Waals surface area contributed by atoms with Gasteiger partial charge in [0.05, 0.1) is 6.54 Å². The quantitative estimate of drug-likeness (QED) is 0.676. The van der Waals surface area contributed by atoms with Crippen molar-refractivity contribution in [1.82, 2.24) is 5.32 Å². The lowest BCUT2D eigenvalue weighted by Crippen LogP contribution is -2.44. The maximum atomic E-state index is 13.0. The number of nitrogens with one attached hydrogen (secondary N) is 1. The molecule has 4 rings (SSSR count). The van der Waals surface area contributed by atoms with Gasteiger partial charge in [0.15, 0.2) is 0 Å². The molecule has 1 heterocycles. The van der Waals surface area contributed by atoms with Gasteiger partial charge in [-0.3, -0.25) is 4.79 Å². The zero-order chi connectivity index (χ0) is 20.1. The molecule has 1 aliphatic rings. The predicted octanol–water partition coefficient (Wildman–Crippen LogP) is 4.56. The molecule has 3 aromatic carbocycles. The molecule has 0 fully saturated rings. The summed E-state index contributed by atoms with van der Waals surface area (Å²) < 4.78 is 0. The van der Waals surface area contributed by atoms with E-state index in [0.717, 1.165) is 25.1 Å². The van der Waals surface area contributed by atoms with Crippen LogP contribution in [0.15, 0.2) is 84.9 Å². The van der Waals surface area contributed by atoms with Gasteiger partial charge >= 0.3 is 0 Å². The highest BCUT2D eigenvalue weighted by Crippen LogP contribution is 2.31. The molecular formula is C26H28N2O. The first-order chi connectivity index (χ1) is 14.2. The van der Waals surface area contributed by atoms with Crippen LogP contribution in [-0.2, 0) is 16.6 Å². The summed E-state index contributed by atoms with van der Waals surface area (Å²) in [6, 6.07) is 29.3. The van der Waals surface area contributed by atoms with Crippen molar-refractivity contribution < 1.29 is 4.79 Å². The van der Waals surface area contributed by atoms with Gasteiger partial charge in [0.25, 0.3) is 0 Å². The molecule has 3 nitrogen and oxygen atoms in total. The van der Waals surface area contributed by atoms with Crippen LogP contribution in [0.2, 0.25) is 0 Å². The minimum Gasteiger partial charge on any atom is -0.311 e. The van der Waals surface area contributed by atoms with Crippen molar-refractivity contribution in [3.63, 3.8) is 0 Å². The van der Waals surface area contributed by atoms with E-state index in [1.807, 2.05) is 23.1 Å². The molecule has 0 aromatic heterocycles. The van der Waals surface area contributed by atoms with Gasteiger partial charge in [-0.2, -0.15) is 0 Å². The van der Waals surface area contributed by atoms with E-state index in [1.165, 1.54) is 16.7 Å². The Hall–Kier alpha value is -2.91. The zero-order valence-electron chi connectivity index (χ0n) is 17.0. The number of fused-ring (bicyclic) bond motifs is 1. The second kappa shape index (κ2) is 8.62. The summed E-state index contributed by atoms with van der Waals surface area (Å²) in [7, 11) is 0. The molecule has 0 unspecified atom stereocenters. The van der Waals surface area contributed by atoms with Gasteiger partial charge in [-0.15, -0.1) is 0 Å². The summed E-state index contributed by atoms with van der Waals surface area (Å²) in [6.07, 6.45) is 2.07. The Morgan fingerprint density at radius 2 is 1.48 bits per heavy atom. The SMILES string of the molecule is CC(CNCC(=O)N1CCCc2ccccc21)(c1ccccc1)c1ccccc1. The molecule has 0 saturated carbocycles. The number of rotatable bonds is 6. The Morgan fingerprint density at radius 3 is 2.14 bits per heavy atom. The minimum atomic E-state index is -0.206. The molecule has 29 heavy (non-hydrogen) atoms. The summed E-state index contributed by atoms with van der Waals surface area (Å²) in [5.74, 6) is 0.139. The van der Waals surface area contributed by atoms with Gasteiger partial charge in [-0.05, 0) is 35.6 Å². The summed E-state index contributed by atoms with van der Waals surface area (Å²) >= 11 is 0. The molecule has 148 valence electrons. The highest BCUT2D eigenvalue weighted by Gasteiger charge is 2.29. The van der Waals surface area contributed by atoms with Crippen LogP contribution in [0.5, 0.6) is 0 Å². The van der Waals surface area contributed by atoms with Gasteiger partial charge < -0.3 is 10.2 Å². The molecule has 0 bridgehead atoms. The first kappa shape index (κ1) is 19.4. The van der Waals surface area contributed by atoms with Crippen molar-refractivity contribution >= 4 is 11.6 Å². The fourth-order valence-electron chi connectivity index (χ4n) is 4.29. The van der Waals surface area contributed by atoms with E-state index in [0.29, 0.717) is 13.1 Å². The standard InChI is InChI=1S/C26H28N2O/c1-26(22-13-4-2-5-14-22,23-15-6-3-7-16-23)20-27-19-25(29)28-18-10-12-21-11-8-9-17-24(21)28/h2-9,11,13-17,27H,10,12,18-20H2,1H3. The molecule has 1 amide bonds. The van der Waals surface area contributed by atoms with E-state index >= 15 is 0 Å². The average molecular weight is 385 g/mol. The van der Waals surface area contributed by atoms with Gasteiger partial charge in [-0.1, -0.05) is 85.8 Å². The first-order valence-corrected chi connectivity index (χ1v) is 10.4. The molecule has 0 saturated heterocycles. The molecule has 0 atom stereocenters. The topological polar surface area (TPSA) is 32.3 Å². The van der Waals surface area contributed by atoms with Crippen LogP contribution in [-0.4, -0.2) is 25.5 Å². The van der Waals surface area contributed by atoms with E-state index in [4.69, 9.17) is 0 Å². The monoisotopic (exact) mass is 384 g/mol. The predicted molar refractivity (Wildman–Crippen MR) is 119 cm³/mol. The lowest BCUT2D eigenvalue weighted by molar-refractivity contribution is -0.117. The smallest absolute Gasteiger partial charge is 0.240 e.